The zero-order valence-electron chi connectivity index (χ0n) is 7.66. The molecule has 1 aromatic carbocycles. The molecule has 5 nitrogen and oxygen atoms in total. The minimum Gasteiger partial charge on any atom is -0.382 e. The summed E-state index contributed by atoms with van der Waals surface area (Å²) in [6.07, 6.45) is 0. The number of nitrogens with two attached hydrogens (primary N) is 1. The van der Waals surface area contributed by atoms with Gasteiger partial charge in [-0.1, -0.05) is 12.1 Å². The first-order valence-corrected chi connectivity index (χ1v) is 3.98. The number of rotatable bonds is 3. The van der Waals surface area contributed by atoms with Crippen molar-refractivity contribution in [2.45, 2.75) is 0 Å². The molecule has 0 spiro atoms. The molecule has 0 fully saturated rings. The van der Waals surface area contributed by atoms with E-state index >= 15 is 0 Å². The highest BCUT2D eigenvalue weighted by Crippen LogP contribution is 2.11. The summed E-state index contributed by atoms with van der Waals surface area (Å²) in [7, 11) is 0. The topological polar surface area (TPSA) is 98.0 Å². The number of benzene rings is 1. The van der Waals surface area contributed by atoms with Crippen LogP contribution in [0.3, 0.4) is 0 Å². The van der Waals surface area contributed by atoms with E-state index in [2.05, 4.69) is 10.5 Å². The smallest absolute Gasteiger partial charge is 0.201 e. The molecule has 0 heterocycles. The lowest BCUT2D eigenvalue weighted by atomic mass is 10.3. The predicted octanol–water partition coefficient (Wildman–Crippen LogP) is 1.05. The Morgan fingerprint density at radius 2 is 2.20 bits per heavy atom. The highest BCUT2D eigenvalue weighted by atomic mass is 19.1. The molecule has 1 rings (SSSR count). The highest BCUT2D eigenvalue weighted by Gasteiger charge is 2.02. The van der Waals surface area contributed by atoms with Crippen LogP contribution < -0.4 is 11.2 Å². The Balaban J connectivity index is 2.85. The molecule has 0 aliphatic carbocycles. The Kier molecular flexibility index (Phi) is 3.35. The van der Waals surface area contributed by atoms with Crippen LogP contribution >= 0.6 is 0 Å². The van der Waals surface area contributed by atoms with E-state index in [-0.39, 0.29) is 11.4 Å². The minimum absolute atomic E-state index is 0.117. The Morgan fingerprint density at radius 1 is 1.53 bits per heavy atom. The molecule has 4 N–H and O–H groups in total. The van der Waals surface area contributed by atoms with Crippen molar-refractivity contribution in [3.63, 3.8) is 0 Å². The van der Waals surface area contributed by atoms with Crippen molar-refractivity contribution in [1.29, 1.82) is 10.7 Å². The Bertz CT molecular complexity index is 446. The molecule has 1 aromatic rings. The second-order valence-electron chi connectivity index (χ2n) is 2.58. The number of nitrogens with zero attached hydrogens (tertiary/aromatic N) is 2. The first-order valence-electron chi connectivity index (χ1n) is 3.98. The molecule has 0 atom stereocenters. The quantitative estimate of drug-likeness (QED) is 0.390. The number of hydrogen-bond donors (Lipinski definition) is 3. The maximum Gasteiger partial charge on any atom is 0.201 e. The lowest BCUT2D eigenvalue weighted by molar-refractivity contribution is 0.631. The SMILES string of the molecule is N#C/C(=N\Nc1ccccc1F)C(=N)N. The first kappa shape index (κ1) is 10.7. The molecule has 0 saturated heterocycles. The number of halogens is 1. The molecule has 0 unspecified atom stereocenters. The fraction of sp³-hybridized carbons (Fsp3) is 0. The number of nitriles is 1. The summed E-state index contributed by atoms with van der Waals surface area (Å²) < 4.78 is 13.0. The van der Waals surface area contributed by atoms with E-state index in [1.165, 1.54) is 18.2 Å². The van der Waals surface area contributed by atoms with E-state index < -0.39 is 11.7 Å². The first-order chi connectivity index (χ1) is 7.15. The lowest BCUT2D eigenvalue weighted by Gasteiger charge is -2.01. The van der Waals surface area contributed by atoms with Gasteiger partial charge in [-0.15, -0.1) is 0 Å². The van der Waals surface area contributed by atoms with Crippen molar-refractivity contribution in [2.75, 3.05) is 5.43 Å². The number of anilines is 1. The Labute approximate surface area is 85.5 Å². The summed E-state index contributed by atoms with van der Waals surface area (Å²) in [5.41, 5.74) is 7.18. The van der Waals surface area contributed by atoms with Crippen LogP contribution in [0.25, 0.3) is 0 Å². The molecule has 0 aliphatic rings. The molecule has 0 bridgehead atoms. The van der Waals surface area contributed by atoms with Gasteiger partial charge in [-0.3, -0.25) is 10.8 Å². The Morgan fingerprint density at radius 3 is 2.73 bits per heavy atom. The van der Waals surface area contributed by atoms with Gasteiger partial charge in [0.25, 0.3) is 0 Å². The standard InChI is InChI=1S/C9H8FN5/c10-6-3-1-2-4-7(6)14-15-8(5-11)9(12)13/h1-4,14H,(H3,12,13)/b15-8+. The van der Waals surface area contributed by atoms with Gasteiger partial charge in [0.1, 0.15) is 11.9 Å². The van der Waals surface area contributed by atoms with E-state index in [1.807, 2.05) is 0 Å². The molecule has 0 amide bonds. The van der Waals surface area contributed by atoms with Crippen LogP contribution in [0.1, 0.15) is 0 Å². The third-order valence-corrected chi connectivity index (χ3v) is 1.52. The summed E-state index contributed by atoms with van der Waals surface area (Å²) >= 11 is 0. The van der Waals surface area contributed by atoms with Crippen LogP contribution in [0.4, 0.5) is 10.1 Å². The van der Waals surface area contributed by atoms with Crippen LogP contribution in [0.5, 0.6) is 0 Å². The second-order valence-corrected chi connectivity index (χ2v) is 2.58. The fourth-order valence-corrected chi connectivity index (χ4v) is 0.813. The number of amidine groups is 1. The summed E-state index contributed by atoms with van der Waals surface area (Å²) in [6, 6.07) is 7.45. The van der Waals surface area contributed by atoms with Gasteiger partial charge in [0, 0.05) is 0 Å². The molecular formula is C9H8FN5. The molecule has 0 aliphatic heterocycles. The minimum atomic E-state index is -0.498. The van der Waals surface area contributed by atoms with E-state index in [1.54, 1.807) is 12.1 Å². The van der Waals surface area contributed by atoms with Crippen molar-refractivity contribution in [3.8, 4) is 6.07 Å². The van der Waals surface area contributed by atoms with Gasteiger partial charge in [-0.2, -0.15) is 10.4 Å². The average molecular weight is 205 g/mol. The molecule has 6 heteroatoms. The van der Waals surface area contributed by atoms with Crippen LogP contribution in [-0.2, 0) is 0 Å². The summed E-state index contributed by atoms with van der Waals surface area (Å²) in [5.74, 6) is -0.969. The summed E-state index contributed by atoms with van der Waals surface area (Å²) in [5, 5.41) is 19.0. The predicted molar refractivity (Wildman–Crippen MR) is 55.0 cm³/mol. The van der Waals surface area contributed by atoms with Crippen molar-refractivity contribution in [1.82, 2.24) is 0 Å². The maximum absolute atomic E-state index is 13.0. The molecule has 76 valence electrons. The van der Waals surface area contributed by atoms with Gasteiger partial charge in [-0.05, 0) is 12.1 Å². The number of hydrogen-bond acceptors (Lipinski definition) is 4. The lowest BCUT2D eigenvalue weighted by Crippen LogP contribution is -2.21. The normalized spacial score (nSPS) is 10.5. The van der Waals surface area contributed by atoms with Gasteiger partial charge in [0.05, 0.1) is 5.69 Å². The van der Waals surface area contributed by atoms with E-state index in [9.17, 15) is 4.39 Å². The molecule has 0 saturated carbocycles. The third-order valence-electron chi connectivity index (χ3n) is 1.52. The van der Waals surface area contributed by atoms with Crippen LogP contribution in [0, 0.1) is 22.6 Å². The molecule has 0 radical (unpaired) electrons. The van der Waals surface area contributed by atoms with Crippen molar-refractivity contribution in [3.05, 3.63) is 30.1 Å². The zero-order valence-corrected chi connectivity index (χ0v) is 7.66. The van der Waals surface area contributed by atoms with Gasteiger partial charge < -0.3 is 5.73 Å². The van der Waals surface area contributed by atoms with Crippen molar-refractivity contribution in [2.24, 2.45) is 10.8 Å². The van der Waals surface area contributed by atoms with Crippen LogP contribution in [0.2, 0.25) is 0 Å². The van der Waals surface area contributed by atoms with Gasteiger partial charge in [0.2, 0.25) is 5.71 Å². The number of nitrogens with one attached hydrogen (secondary N) is 2. The van der Waals surface area contributed by atoms with Gasteiger partial charge >= 0.3 is 0 Å². The summed E-state index contributed by atoms with van der Waals surface area (Å²) in [6.45, 7) is 0. The number of hydrazone groups is 1. The molecule has 0 aromatic heterocycles. The van der Waals surface area contributed by atoms with Crippen molar-refractivity contribution < 1.29 is 4.39 Å². The van der Waals surface area contributed by atoms with Crippen molar-refractivity contribution >= 4 is 17.2 Å². The Hall–Kier alpha value is -2.42. The molecular weight excluding hydrogens is 197 g/mol. The average Bonchev–Trinajstić information content (AvgIpc) is 2.21. The van der Waals surface area contributed by atoms with Crippen LogP contribution in [0.15, 0.2) is 29.4 Å². The van der Waals surface area contributed by atoms with Gasteiger partial charge in [-0.25, -0.2) is 4.39 Å². The fourth-order valence-electron chi connectivity index (χ4n) is 0.813. The highest BCUT2D eigenvalue weighted by molar-refractivity contribution is 6.45. The van der Waals surface area contributed by atoms with Gasteiger partial charge in [0.15, 0.2) is 5.84 Å². The monoisotopic (exact) mass is 205 g/mol. The van der Waals surface area contributed by atoms with E-state index in [0.29, 0.717) is 0 Å². The third kappa shape index (κ3) is 2.77. The van der Waals surface area contributed by atoms with Crippen LogP contribution in [-0.4, -0.2) is 11.5 Å². The number of para-hydroxylation sites is 1. The molecule has 15 heavy (non-hydrogen) atoms. The second kappa shape index (κ2) is 4.72. The largest absolute Gasteiger partial charge is 0.382 e. The maximum atomic E-state index is 13.0. The summed E-state index contributed by atoms with van der Waals surface area (Å²) in [4.78, 5) is 0. The zero-order chi connectivity index (χ0) is 11.3. The van der Waals surface area contributed by atoms with E-state index in [0.717, 1.165) is 0 Å². The van der Waals surface area contributed by atoms with E-state index in [4.69, 9.17) is 16.4 Å².